The van der Waals surface area contributed by atoms with E-state index in [0.717, 1.165) is 0 Å². The van der Waals surface area contributed by atoms with E-state index in [4.69, 9.17) is 5.26 Å². The summed E-state index contributed by atoms with van der Waals surface area (Å²) in [6.07, 6.45) is 4.40. The fraction of sp³-hybridized carbons (Fsp3) is 0. The molecule has 1 amide bonds. The monoisotopic (exact) mass is 375 g/mol. The molecule has 0 bridgehead atoms. The van der Waals surface area contributed by atoms with Gasteiger partial charge in [-0.15, -0.1) is 16.4 Å². The van der Waals surface area contributed by atoms with Crippen LogP contribution in [-0.2, 0) is 0 Å². The number of carbonyl (C=O) groups is 1. The van der Waals surface area contributed by atoms with Crippen LogP contribution in [0.1, 0.15) is 16.2 Å². The van der Waals surface area contributed by atoms with E-state index >= 15 is 0 Å². The van der Waals surface area contributed by atoms with Crippen molar-refractivity contribution in [3.05, 3.63) is 59.6 Å². The zero-order chi connectivity index (χ0) is 18.6. The van der Waals surface area contributed by atoms with Crippen molar-refractivity contribution >= 4 is 22.4 Å². The smallest absolute Gasteiger partial charge is 0.277 e. The van der Waals surface area contributed by atoms with Gasteiger partial charge in [0.25, 0.3) is 11.9 Å². The van der Waals surface area contributed by atoms with Crippen LogP contribution in [0.2, 0.25) is 0 Å². The second-order valence-electron chi connectivity index (χ2n) is 5.09. The summed E-state index contributed by atoms with van der Waals surface area (Å²) in [6, 6.07) is 8.72. The Morgan fingerprint density at radius 3 is 2.81 bits per heavy atom. The molecule has 0 saturated heterocycles. The summed E-state index contributed by atoms with van der Waals surface area (Å²) in [5.41, 5.74) is 1.58. The van der Waals surface area contributed by atoms with E-state index in [1.165, 1.54) is 22.2 Å². The van der Waals surface area contributed by atoms with Crippen molar-refractivity contribution in [3.8, 4) is 23.4 Å². The molecule has 1 N–H and O–H groups in total. The number of pyridine rings is 1. The van der Waals surface area contributed by atoms with Crippen LogP contribution in [0, 0.1) is 11.3 Å². The van der Waals surface area contributed by atoms with Gasteiger partial charge in [-0.3, -0.25) is 10.1 Å². The van der Waals surface area contributed by atoms with Gasteiger partial charge in [-0.2, -0.15) is 9.94 Å². The molecule has 0 unspecified atom stereocenters. The molecule has 0 radical (unpaired) electrons. The van der Waals surface area contributed by atoms with E-state index in [0.29, 0.717) is 22.2 Å². The van der Waals surface area contributed by atoms with Crippen molar-refractivity contribution in [1.29, 1.82) is 5.26 Å². The highest BCUT2D eigenvalue weighted by Crippen LogP contribution is 2.24. The zero-order valence-corrected chi connectivity index (χ0v) is 14.3. The van der Waals surface area contributed by atoms with Crippen molar-refractivity contribution in [1.82, 2.24) is 34.9 Å². The third-order valence-electron chi connectivity index (χ3n) is 3.37. The van der Waals surface area contributed by atoms with Gasteiger partial charge in [-0.1, -0.05) is 11.3 Å². The summed E-state index contributed by atoms with van der Waals surface area (Å²) in [4.78, 5) is 29.2. The Labute approximate surface area is 156 Å². The number of rotatable bonds is 4. The number of anilines is 1. The first-order chi connectivity index (χ1) is 13.2. The maximum Gasteiger partial charge on any atom is 0.277 e. The highest BCUT2D eigenvalue weighted by Gasteiger charge is 2.18. The largest absolute Gasteiger partial charge is 0.296 e. The number of nitrogens with one attached hydrogen (secondary N) is 1. The quantitative estimate of drug-likeness (QED) is 0.569. The lowest BCUT2D eigenvalue weighted by molar-refractivity contribution is 0.101. The van der Waals surface area contributed by atoms with Gasteiger partial charge in [0.1, 0.15) is 17.5 Å². The minimum atomic E-state index is -0.452. The van der Waals surface area contributed by atoms with E-state index in [-0.39, 0.29) is 11.6 Å². The normalized spacial score (nSPS) is 10.3. The molecule has 0 atom stereocenters. The van der Waals surface area contributed by atoms with Crippen molar-refractivity contribution in [2.45, 2.75) is 0 Å². The number of thiazole rings is 1. The molecular weight excluding hydrogens is 366 g/mol. The van der Waals surface area contributed by atoms with Crippen molar-refractivity contribution in [3.63, 3.8) is 0 Å². The molecule has 4 aromatic heterocycles. The molecule has 4 heterocycles. The Bertz CT molecular complexity index is 1150. The van der Waals surface area contributed by atoms with E-state index in [9.17, 15) is 4.79 Å². The van der Waals surface area contributed by atoms with Crippen LogP contribution >= 0.6 is 11.3 Å². The number of hydrogen-bond acceptors (Lipinski definition) is 9. The molecule has 0 saturated carbocycles. The minimum absolute atomic E-state index is 0.169. The van der Waals surface area contributed by atoms with Crippen molar-refractivity contribution in [2.24, 2.45) is 0 Å². The Morgan fingerprint density at radius 2 is 2.00 bits per heavy atom. The minimum Gasteiger partial charge on any atom is -0.296 e. The lowest BCUT2D eigenvalue weighted by Crippen LogP contribution is -2.18. The second-order valence-corrected chi connectivity index (χ2v) is 5.95. The van der Waals surface area contributed by atoms with Crippen molar-refractivity contribution in [2.75, 3.05) is 5.32 Å². The van der Waals surface area contributed by atoms with E-state index < -0.39 is 5.91 Å². The van der Waals surface area contributed by atoms with Crippen LogP contribution in [0.25, 0.3) is 17.3 Å². The van der Waals surface area contributed by atoms with Gasteiger partial charge in [-0.05, 0) is 18.2 Å². The van der Waals surface area contributed by atoms with Crippen LogP contribution in [0.15, 0.2) is 48.2 Å². The molecule has 0 aromatic carbocycles. The summed E-state index contributed by atoms with van der Waals surface area (Å²) < 4.78 is 1.24. The number of nitriles is 1. The van der Waals surface area contributed by atoms with E-state index in [1.807, 2.05) is 6.07 Å². The molecule has 11 heteroatoms. The molecule has 0 aliphatic rings. The predicted molar refractivity (Wildman–Crippen MR) is 95.0 cm³/mol. The molecule has 4 rings (SSSR count). The highest BCUT2D eigenvalue weighted by atomic mass is 32.1. The molecule has 0 aliphatic heterocycles. The Morgan fingerprint density at radius 1 is 1.15 bits per heavy atom. The fourth-order valence-electron chi connectivity index (χ4n) is 2.19. The predicted octanol–water partition coefficient (Wildman–Crippen LogP) is 1.70. The SMILES string of the molecule is N#Cc1cccc(-c2csc(NC(=O)c3cnnn3-c3ncccn3)n2)n1. The first kappa shape index (κ1) is 16.4. The maximum absolute atomic E-state index is 12.6. The first-order valence-corrected chi connectivity index (χ1v) is 8.45. The summed E-state index contributed by atoms with van der Waals surface area (Å²) in [6.45, 7) is 0. The van der Waals surface area contributed by atoms with Crippen LogP contribution in [0.5, 0.6) is 0 Å². The van der Waals surface area contributed by atoms with Gasteiger partial charge in [0.15, 0.2) is 10.8 Å². The van der Waals surface area contributed by atoms with Crippen LogP contribution in [0.4, 0.5) is 5.13 Å². The number of nitrogens with zero attached hydrogens (tertiary/aromatic N) is 8. The summed E-state index contributed by atoms with van der Waals surface area (Å²) in [7, 11) is 0. The molecule has 130 valence electrons. The molecule has 27 heavy (non-hydrogen) atoms. The maximum atomic E-state index is 12.6. The fourth-order valence-corrected chi connectivity index (χ4v) is 2.89. The number of carbonyl (C=O) groups excluding carboxylic acids is 1. The highest BCUT2D eigenvalue weighted by molar-refractivity contribution is 7.14. The van der Waals surface area contributed by atoms with Crippen LogP contribution in [0.3, 0.4) is 0 Å². The molecule has 4 aromatic rings. The molecule has 0 fully saturated rings. The number of hydrogen-bond donors (Lipinski definition) is 1. The Hall–Kier alpha value is -4.04. The lowest BCUT2D eigenvalue weighted by atomic mass is 10.2. The van der Waals surface area contributed by atoms with Gasteiger partial charge in [0.05, 0.1) is 11.9 Å². The van der Waals surface area contributed by atoms with Gasteiger partial charge in [0.2, 0.25) is 0 Å². The molecule has 0 aliphatic carbocycles. The standard InChI is InChI=1S/C16H9N9OS/c17-7-10-3-1-4-11(21-10)12-9-27-16(22-12)23-14(26)13-8-20-24-25(13)15-18-5-2-6-19-15/h1-6,8-9H,(H,22,23,26). The third kappa shape index (κ3) is 3.37. The van der Waals surface area contributed by atoms with Gasteiger partial charge < -0.3 is 0 Å². The Kier molecular flexibility index (Phi) is 4.30. The Balaban J connectivity index is 1.56. The van der Waals surface area contributed by atoms with Gasteiger partial charge >= 0.3 is 0 Å². The van der Waals surface area contributed by atoms with E-state index in [1.54, 1.807) is 42.0 Å². The first-order valence-electron chi connectivity index (χ1n) is 7.57. The number of amides is 1. The molecule has 0 spiro atoms. The molecule has 10 nitrogen and oxygen atoms in total. The van der Waals surface area contributed by atoms with Crippen LogP contribution < -0.4 is 5.32 Å². The average Bonchev–Trinajstić information content (AvgIpc) is 3.38. The van der Waals surface area contributed by atoms with Gasteiger partial charge in [-0.25, -0.2) is 19.9 Å². The number of aromatic nitrogens is 7. The summed E-state index contributed by atoms with van der Waals surface area (Å²) in [5.74, 6) is -0.218. The average molecular weight is 375 g/mol. The van der Waals surface area contributed by atoms with Gasteiger partial charge in [0, 0.05) is 17.8 Å². The second kappa shape index (κ2) is 7.06. The van der Waals surface area contributed by atoms with E-state index in [2.05, 4.69) is 35.6 Å². The zero-order valence-electron chi connectivity index (χ0n) is 13.5. The summed E-state index contributed by atoms with van der Waals surface area (Å²) >= 11 is 1.24. The topological polar surface area (TPSA) is 135 Å². The van der Waals surface area contributed by atoms with Crippen LogP contribution in [-0.4, -0.2) is 40.8 Å². The molecular formula is C16H9N9OS. The van der Waals surface area contributed by atoms with Crippen molar-refractivity contribution < 1.29 is 4.79 Å². The summed E-state index contributed by atoms with van der Waals surface area (Å²) in [5, 5.41) is 21.4. The third-order valence-corrected chi connectivity index (χ3v) is 4.13. The lowest BCUT2D eigenvalue weighted by Gasteiger charge is -2.03.